The summed E-state index contributed by atoms with van der Waals surface area (Å²) >= 11 is 0. The van der Waals surface area contributed by atoms with E-state index in [4.69, 9.17) is 11.0 Å². The van der Waals surface area contributed by atoms with Crippen molar-refractivity contribution in [3.05, 3.63) is 11.8 Å². The van der Waals surface area contributed by atoms with E-state index in [2.05, 4.69) is 5.73 Å². The number of nitrogens with two attached hydrogens (primary N) is 2. The monoisotopic (exact) mass is 111 g/mol. The predicted molar refractivity (Wildman–Crippen MR) is 27.1 cm³/mol. The molecule has 8 heavy (non-hydrogen) atoms. The summed E-state index contributed by atoms with van der Waals surface area (Å²) in [4.78, 5) is 10.0. The standard InChI is InChI=1S/C4H5N3O/c5-1-3(2-6)4(7)8/h1H,5H2,(H2,7,8)/b3-1+. The molecule has 0 radical (unpaired) electrons. The minimum atomic E-state index is -0.796. The molecule has 0 rings (SSSR count). The van der Waals surface area contributed by atoms with E-state index in [0.29, 0.717) is 0 Å². The number of nitrogens with zero attached hydrogens (tertiary/aromatic N) is 1. The molecule has 4 heteroatoms. The third-order valence-corrected chi connectivity index (χ3v) is 0.553. The molecule has 0 saturated carbocycles. The fourth-order valence-electron chi connectivity index (χ4n) is 0.174. The van der Waals surface area contributed by atoms with Crippen molar-refractivity contribution >= 4 is 5.91 Å². The topological polar surface area (TPSA) is 92.9 Å². The van der Waals surface area contributed by atoms with Crippen LogP contribution in [0.5, 0.6) is 0 Å². The van der Waals surface area contributed by atoms with Crippen LogP contribution in [0.25, 0.3) is 0 Å². The molecule has 0 heterocycles. The zero-order valence-corrected chi connectivity index (χ0v) is 4.09. The Morgan fingerprint density at radius 3 is 2.25 bits per heavy atom. The number of hydrogen-bond acceptors (Lipinski definition) is 3. The summed E-state index contributed by atoms with van der Waals surface area (Å²) in [7, 11) is 0. The summed E-state index contributed by atoms with van der Waals surface area (Å²) in [6.45, 7) is 0. The highest BCUT2D eigenvalue weighted by atomic mass is 16.1. The molecule has 4 nitrogen and oxygen atoms in total. The summed E-state index contributed by atoms with van der Waals surface area (Å²) in [6.07, 6.45) is 0.877. The largest absolute Gasteiger partial charge is 0.403 e. The van der Waals surface area contributed by atoms with Crippen molar-refractivity contribution in [2.24, 2.45) is 11.5 Å². The first-order chi connectivity index (χ1) is 3.72. The van der Waals surface area contributed by atoms with Gasteiger partial charge in [-0.3, -0.25) is 4.79 Å². The summed E-state index contributed by atoms with van der Waals surface area (Å²) in [6, 6.07) is 1.51. The lowest BCUT2D eigenvalue weighted by Crippen LogP contribution is -2.13. The van der Waals surface area contributed by atoms with Crippen LogP contribution in [-0.2, 0) is 4.79 Å². The summed E-state index contributed by atoms with van der Waals surface area (Å²) in [5.74, 6) is -0.796. The van der Waals surface area contributed by atoms with Crippen LogP contribution in [0.4, 0.5) is 0 Å². The van der Waals surface area contributed by atoms with Gasteiger partial charge in [-0.25, -0.2) is 0 Å². The van der Waals surface area contributed by atoms with Crippen LogP contribution < -0.4 is 11.5 Å². The lowest BCUT2D eigenvalue weighted by atomic mass is 10.3. The number of rotatable bonds is 1. The third-order valence-electron chi connectivity index (χ3n) is 0.553. The Kier molecular flexibility index (Phi) is 2.14. The predicted octanol–water partition coefficient (Wildman–Crippen LogP) is -1.16. The van der Waals surface area contributed by atoms with Crippen LogP contribution in [0.3, 0.4) is 0 Å². The van der Waals surface area contributed by atoms with Gasteiger partial charge < -0.3 is 11.5 Å². The molecular formula is C4H5N3O. The fraction of sp³-hybridized carbons (Fsp3) is 0. The summed E-state index contributed by atoms with van der Waals surface area (Å²) in [5.41, 5.74) is 9.23. The second-order valence-electron chi connectivity index (χ2n) is 1.06. The number of nitriles is 1. The maximum atomic E-state index is 10.0. The maximum Gasteiger partial charge on any atom is 0.260 e. The lowest BCUT2D eigenvalue weighted by Gasteiger charge is -1.82. The van der Waals surface area contributed by atoms with E-state index >= 15 is 0 Å². The Morgan fingerprint density at radius 1 is 1.75 bits per heavy atom. The van der Waals surface area contributed by atoms with Gasteiger partial charge >= 0.3 is 0 Å². The van der Waals surface area contributed by atoms with Crippen molar-refractivity contribution in [3.8, 4) is 6.07 Å². The van der Waals surface area contributed by atoms with Crippen LogP contribution in [-0.4, -0.2) is 5.91 Å². The maximum absolute atomic E-state index is 10.0. The Labute approximate surface area is 46.4 Å². The first-order valence-corrected chi connectivity index (χ1v) is 1.84. The molecular weight excluding hydrogens is 106 g/mol. The van der Waals surface area contributed by atoms with Crippen molar-refractivity contribution < 1.29 is 4.79 Å². The number of hydrogen-bond donors (Lipinski definition) is 2. The van der Waals surface area contributed by atoms with Gasteiger partial charge in [-0.05, 0) is 0 Å². The summed E-state index contributed by atoms with van der Waals surface area (Å²) in [5, 5.41) is 8.00. The molecule has 4 N–H and O–H groups in total. The normalized spacial score (nSPS) is 10.1. The van der Waals surface area contributed by atoms with E-state index in [-0.39, 0.29) is 5.57 Å². The highest BCUT2D eigenvalue weighted by Crippen LogP contribution is 1.82. The SMILES string of the molecule is N#C/C(=C\N)C(N)=O. The van der Waals surface area contributed by atoms with Gasteiger partial charge in [0.25, 0.3) is 5.91 Å². The molecule has 0 fully saturated rings. The van der Waals surface area contributed by atoms with Gasteiger partial charge in [0.05, 0.1) is 0 Å². The highest BCUT2D eigenvalue weighted by molar-refractivity contribution is 5.95. The minimum Gasteiger partial charge on any atom is -0.403 e. The minimum absolute atomic E-state index is 0.218. The van der Waals surface area contributed by atoms with E-state index < -0.39 is 5.91 Å². The quantitative estimate of drug-likeness (QED) is 0.330. The molecule has 0 saturated heterocycles. The number of amides is 1. The van der Waals surface area contributed by atoms with E-state index in [1.807, 2.05) is 0 Å². The van der Waals surface area contributed by atoms with E-state index in [9.17, 15) is 4.79 Å². The van der Waals surface area contributed by atoms with E-state index in [1.165, 1.54) is 6.07 Å². The zero-order chi connectivity index (χ0) is 6.57. The van der Waals surface area contributed by atoms with E-state index in [0.717, 1.165) is 6.20 Å². The summed E-state index contributed by atoms with van der Waals surface area (Å²) < 4.78 is 0. The van der Waals surface area contributed by atoms with E-state index in [1.54, 1.807) is 0 Å². The fourth-order valence-corrected chi connectivity index (χ4v) is 0.174. The average Bonchev–Trinajstić information content (AvgIpc) is 1.69. The van der Waals surface area contributed by atoms with Crippen LogP contribution in [0.2, 0.25) is 0 Å². The van der Waals surface area contributed by atoms with Gasteiger partial charge in [-0.15, -0.1) is 0 Å². The molecule has 0 aromatic carbocycles. The molecule has 0 atom stereocenters. The molecule has 0 bridgehead atoms. The van der Waals surface area contributed by atoms with Gasteiger partial charge in [0, 0.05) is 6.20 Å². The second kappa shape index (κ2) is 2.64. The molecule has 0 aromatic rings. The molecule has 0 aliphatic carbocycles. The highest BCUT2D eigenvalue weighted by Gasteiger charge is 1.98. The first-order valence-electron chi connectivity index (χ1n) is 1.84. The van der Waals surface area contributed by atoms with Crippen LogP contribution >= 0.6 is 0 Å². The van der Waals surface area contributed by atoms with Crippen molar-refractivity contribution in [1.29, 1.82) is 5.26 Å². The van der Waals surface area contributed by atoms with Crippen LogP contribution in [0, 0.1) is 11.3 Å². The molecule has 0 aromatic heterocycles. The van der Waals surface area contributed by atoms with Gasteiger partial charge in [0.15, 0.2) is 0 Å². The third kappa shape index (κ3) is 1.30. The average molecular weight is 111 g/mol. The lowest BCUT2D eigenvalue weighted by molar-refractivity contribution is -0.114. The molecule has 42 valence electrons. The van der Waals surface area contributed by atoms with Crippen LogP contribution in [0.1, 0.15) is 0 Å². The number of primary amides is 1. The Hall–Kier alpha value is -1.50. The van der Waals surface area contributed by atoms with Crippen molar-refractivity contribution in [1.82, 2.24) is 0 Å². The van der Waals surface area contributed by atoms with Gasteiger partial charge in [0.2, 0.25) is 0 Å². The van der Waals surface area contributed by atoms with Crippen molar-refractivity contribution in [3.63, 3.8) is 0 Å². The Balaban J connectivity index is 4.20. The number of carbonyl (C=O) groups is 1. The van der Waals surface area contributed by atoms with Gasteiger partial charge in [-0.2, -0.15) is 5.26 Å². The molecule has 0 unspecified atom stereocenters. The van der Waals surface area contributed by atoms with Gasteiger partial charge in [-0.1, -0.05) is 0 Å². The number of carbonyl (C=O) groups excluding carboxylic acids is 1. The Morgan fingerprint density at radius 2 is 2.25 bits per heavy atom. The van der Waals surface area contributed by atoms with Crippen LogP contribution in [0.15, 0.2) is 11.8 Å². The van der Waals surface area contributed by atoms with Crippen molar-refractivity contribution in [2.75, 3.05) is 0 Å². The second-order valence-corrected chi connectivity index (χ2v) is 1.06. The molecule has 0 aliphatic rings. The van der Waals surface area contributed by atoms with Crippen molar-refractivity contribution in [2.45, 2.75) is 0 Å². The zero-order valence-electron chi connectivity index (χ0n) is 4.09. The Bertz CT molecular complexity index is 165. The molecule has 0 aliphatic heterocycles. The first kappa shape index (κ1) is 6.50. The molecule has 0 spiro atoms. The smallest absolute Gasteiger partial charge is 0.260 e. The molecule has 1 amide bonds. The van der Waals surface area contributed by atoms with Gasteiger partial charge in [0.1, 0.15) is 11.6 Å².